The molecular formula is C46H38ClN6-. The predicted molar refractivity (Wildman–Crippen MR) is 218 cm³/mol. The van der Waals surface area contributed by atoms with E-state index in [0.29, 0.717) is 0 Å². The molecule has 0 fully saturated rings. The fraction of sp³-hybridized carbons (Fsp3) is 0. The van der Waals surface area contributed by atoms with E-state index in [9.17, 15) is 0 Å². The lowest BCUT2D eigenvalue weighted by Gasteiger charge is -2.15. The molecule has 8 rings (SSSR count). The van der Waals surface area contributed by atoms with Gasteiger partial charge in [0, 0.05) is 46.3 Å². The summed E-state index contributed by atoms with van der Waals surface area (Å²) >= 11 is 0. The number of benzene rings is 6. The van der Waals surface area contributed by atoms with Crippen LogP contribution in [0.25, 0.3) is 22.3 Å². The molecule has 2 heterocycles. The lowest BCUT2D eigenvalue weighted by molar-refractivity contribution is -0.0000101. The number of aromatic nitrogens is 2. The summed E-state index contributed by atoms with van der Waals surface area (Å²) in [5.41, 5.74) is 10.6. The van der Waals surface area contributed by atoms with Crippen LogP contribution in [0, 0.1) is 0 Å². The van der Waals surface area contributed by atoms with E-state index in [-0.39, 0.29) is 12.4 Å². The Morgan fingerprint density at radius 1 is 0.283 bits per heavy atom. The summed E-state index contributed by atoms with van der Waals surface area (Å²) in [5.74, 6) is 1.59. The largest absolute Gasteiger partial charge is 1.00 e. The van der Waals surface area contributed by atoms with Crippen molar-refractivity contribution in [1.29, 1.82) is 0 Å². The van der Waals surface area contributed by atoms with Crippen molar-refractivity contribution >= 4 is 45.8 Å². The lowest BCUT2D eigenvalue weighted by Crippen LogP contribution is -3.00. The number of rotatable bonds is 10. The summed E-state index contributed by atoms with van der Waals surface area (Å²) in [7, 11) is 0. The molecule has 0 aliphatic rings. The van der Waals surface area contributed by atoms with Gasteiger partial charge in [0.2, 0.25) is 0 Å². The Balaban J connectivity index is 0.000000178. The summed E-state index contributed by atoms with van der Waals surface area (Å²) in [6, 6.07) is 65.4. The van der Waals surface area contributed by atoms with Gasteiger partial charge < -0.3 is 33.7 Å². The molecule has 6 nitrogen and oxygen atoms in total. The molecule has 0 amide bonds. The monoisotopic (exact) mass is 709 g/mol. The lowest BCUT2D eigenvalue weighted by atomic mass is 10.0. The average Bonchev–Trinajstić information content (AvgIpc) is 3.21. The molecule has 0 radical (unpaired) electrons. The molecule has 0 bridgehead atoms. The van der Waals surface area contributed by atoms with E-state index in [4.69, 9.17) is 0 Å². The van der Waals surface area contributed by atoms with E-state index in [1.54, 1.807) is 12.4 Å². The Morgan fingerprint density at radius 2 is 0.604 bits per heavy atom. The Hall–Kier alpha value is -6.89. The van der Waals surface area contributed by atoms with Gasteiger partial charge in [0.25, 0.3) is 0 Å². The van der Waals surface area contributed by atoms with E-state index in [0.717, 1.165) is 56.9 Å². The molecule has 4 N–H and O–H groups in total. The van der Waals surface area contributed by atoms with Crippen LogP contribution in [0.1, 0.15) is 0 Å². The third-order valence-electron chi connectivity index (χ3n) is 8.25. The predicted octanol–water partition coefficient (Wildman–Crippen LogP) is 9.48. The van der Waals surface area contributed by atoms with Gasteiger partial charge in [0.05, 0.1) is 11.4 Å². The number of pyridine rings is 2. The molecular weight excluding hydrogens is 672 g/mol. The van der Waals surface area contributed by atoms with Gasteiger partial charge in [0.1, 0.15) is 0 Å². The van der Waals surface area contributed by atoms with Crippen molar-refractivity contribution in [3.63, 3.8) is 0 Å². The van der Waals surface area contributed by atoms with E-state index in [2.05, 4.69) is 116 Å². The maximum absolute atomic E-state index is 4.50. The van der Waals surface area contributed by atoms with Crippen LogP contribution in [0.2, 0.25) is 0 Å². The van der Waals surface area contributed by atoms with Crippen LogP contribution in [0.4, 0.5) is 45.8 Å². The summed E-state index contributed by atoms with van der Waals surface area (Å²) in [6.45, 7) is 0. The molecule has 0 unspecified atom stereocenters. The fourth-order valence-corrected chi connectivity index (χ4v) is 5.74. The number of anilines is 8. The molecule has 0 saturated heterocycles. The van der Waals surface area contributed by atoms with E-state index >= 15 is 0 Å². The zero-order chi connectivity index (χ0) is 35.2. The summed E-state index contributed by atoms with van der Waals surface area (Å²) < 4.78 is 0. The van der Waals surface area contributed by atoms with Gasteiger partial charge in [-0.15, -0.1) is 0 Å². The fourth-order valence-electron chi connectivity index (χ4n) is 5.74. The van der Waals surface area contributed by atoms with Gasteiger partial charge in [-0.05, 0) is 71.8 Å². The highest BCUT2D eigenvalue weighted by atomic mass is 35.5. The van der Waals surface area contributed by atoms with Crippen molar-refractivity contribution in [1.82, 2.24) is 9.97 Å². The molecule has 7 heteroatoms. The number of para-hydroxylation sites is 4. The number of nitrogens with zero attached hydrogens (tertiary/aromatic N) is 2. The minimum Gasteiger partial charge on any atom is -1.00 e. The van der Waals surface area contributed by atoms with Crippen molar-refractivity contribution in [2.45, 2.75) is 0 Å². The molecule has 6 aromatic carbocycles. The molecule has 0 aliphatic carbocycles. The Labute approximate surface area is 317 Å². The normalized spacial score (nSPS) is 10.1. The third kappa shape index (κ3) is 9.67. The van der Waals surface area contributed by atoms with Gasteiger partial charge >= 0.3 is 0 Å². The second-order valence-corrected chi connectivity index (χ2v) is 11.9. The van der Waals surface area contributed by atoms with E-state index in [1.165, 1.54) is 11.1 Å². The summed E-state index contributed by atoms with van der Waals surface area (Å²) in [5, 5.41) is 13.8. The first kappa shape index (κ1) is 35.9. The van der Waals surface area contributed by atoms with Crippen molar-refractivity contribution in [3.05, 3.63) is 207 Å². The second-order valence-electron chi connectivity index (χ2n) is 11.9. The first-order chi connectivity index (χ1) is 25.8. The van der Waals surface area contributed by atoms with Gasteiger partial charge in [0.15, 0.2) is 11.6 Å². The third-order valence-corrected chi connectivity index (χ3v) is 8.25. The summed E-state index contributed by atoms with van der Waals surface area (Å²) in [4.78, 5) is 9.00. The van der Waals surface area contributed by atoms with Crippen LogP contribution < -0.4 is 33.7 Å². The Bertz CT molecular complexity index is 2140. The first-order valence-corrected chi connectivity index (χ1v) is 17.2. The van der Waals surface area contributed by atoms with Crippen molar-refractivity contribution < 1.29 is 12.4 Å². The van der Waals surface area contributed by atoms with Crippen LogP contribution in [-0.4, -0.2) is 9.97 Å². The highest BCUT2D eigenvalue weighted by Gasteiger charge is 2.10. The standard InChI is InChI=1S/2C23H19N3.ClH/c2*1-3-10-18(11-4-1)20-14-7-8-15-21(20)26-22-16-9-17-24-23(22)25-19-12-5-2-6-13-19;/h2*1-17,26H,(H,24,25);1H/p-1. The van der Waals surface area contributed by atoms with E-state index in [1.807, 2.05) is 109 Å². The molecule has 0 aliphatic heterocycles. The topological polar surface area (TPSA) is 73.9 Å². The SMILES string of the molecule is [Cl-].c1ccc(Nc2ncccc2Nc2ccccc2-c2ccccc2)cc1.c1ccc(Nc2ncccc2Nc2ccccc2-c2ccccc2)cc1. The molecule has 0 atom stereocenters. The van der Waals surface area contributed by atoms with E-state index < -0.39 is 0 Å². The van der Waals surface area contributed by atoms with Gasteiger partial charge in [-0.3, -0.25) is 0 Å². The zero-order valence-electron chi connectivity index (χ0n) is 28.9. The van der Waals surface area contributed by atoms with Crippen LogP contribution in [-0.2, 0) is 0 Å². The van der Waals surface area contributed by atoms with Crippen LogP contribution in [0.5, 0.6) is 0 Å². The molecule has 53 heavy (non-hydrogen) atoms. The van der Waals surface area contributed by atoms with Crippen LogP contribution >= 0.6 is 0 Å². The quantitative estimate of drug-likeness (QED) is 0.113. The van der Waals surface area contributed by atoms with Crippen LogP contribution in [0.3, 0.4) is 0 Å². The number of halogens is 1. The van der Waals surface area contributed by atoms with Gasteiger partial charge in [-0.25, -0.2) is 9.97 Å². The maximum atomic E-state index is 4.50. The highest BCUT2D eigenvalue weighted by Crippen LogP contribution is 2.34. The first-order valence-electron chi connectivity index (χ1n) is 17.2. The van der Waals surface area contributed by atoms with Gasteiger partial charge in [-0.1, -0.05) is 133 Å². The zero-order valence-corrected chi connectivity index (χ0v) is 29.7. The highest BCUT2D eigenvalue weighted by molar-refractivity contribution is 5.85. The number of nitrogens with one attached hydrogen (secondary N) is 4. The minimum atomic E-state index is 0. The minimum absolute atomic E-state index is 0. The molecule has 8 aromatic rings. The van der Waals surface area contributed by atoms with Crippen molar-refractivity contribution in [2.75, 3.05) is 21.3 Å². The Kier molecular flexibility index (Phi) is 12.5. The molecule has 0 saturated carbocycles. The second kappa shape index (κ2) is 18.4. The molecule has 260 valence electrons. The number of hydrogen-bond donors (Lipinski definition) is 4. The number of hydrogen-bond acceptors (Lipinski definition) is 6. The maximum Gasteiger partial charge on any atom is 0.154 e. The molecule has 2 aromatic heterocycles. The summed E-state index contributed by atoms with van der Waals surface area (Å²) in [6.07, 6.45) is 3.58. The smallest absolute Gasteiger partial charge is 0.154 e. The van der Waals surface area contributed by atoms with Gasteiger partial charge in [-0.2, -0.15) is 0 Å². The molecule has 0 spiro atoms. The Morgan fingerprint density at radius 3 is 1.00 bits per heavy atom. The van der Waals surface area contributed by atoms with Crippen LogP contribution in [0.15, 0.2) is 207 Å². The average molecular weight is 710 g/mol. The van der Waals surface area contributed by atoms with Crippen molar-refractivity contribution in [2.24, 2.45) is 0 Å². The van der Waals surface area contributed by atoms with Crippen molar-refractivity contribution in [3.8, 4) is 22.3 Å².